The standard InChI is InChI=1S/C10H14N2O2/c1-7(14)12-10-5-3-2-4-8(10)9(11)6-13/h2-5,9,13H,6,11H2,1H3,(H,12,14)/t9-/m1/s1. The number of amides is 1. The van der Waals surface area contributed by atoms with E-state index in [1.807, 2.05) is 6.07 Å². The van der Waals surface area contributed by atoms with Crippen molar-refractivity contribution >= 4 is 11.6 Å². The van der Waals surface area contributed by atoms with Crippen LogP contribution < -0.4 is 11.1 Å². The van der Waals surface area contributed by atoms with E-state index in [4.69, 9.17) is 10.8 Å². The number of anilines is 1. The van der Waals surface area contributed by atoms with Gasteiger partial charge in [0, 0.05) is 12.6 Å². The maximum Gasteiger partial charge on any atom is 0.221 e. The Kier molecular flexibility index (Phi) is 3.62. The van der Waals surface area contributed by atoms with Crippen LogP contribution >= 0.6 is 0 Å². The summed E-state index contributed by atoms with van der Waals surface area (Å²) >= 11 is 0. The Balaban J connectivity index is 2.96. The first kappa shape index (κ1) is 10.7. The summed E-state index contributed by atoms with van der Waals surface area (Å²) in [6.07, 6.45) is 0. The van der Waals surface area contributed by atoms with Crippen LogP contribution in [-0.4, -0.2) is 17.6 Å². The Bertz CT molecular complexity index is 326. The molecule has 4 nitrogen and oxygen atoms in total. The number of hydrogen-bond acceptors (Lipinski definition) is 3. The average molecular weight is 194 g/mol. The van der Waals surface area contributed by atoms with Gasteiger partial charge >= 0.3 is 0 Å². The predicted octanol–water partition coefficient (Wildman–Crippen LogP) is 0.637. The number of rotatable bonds is 3. The number of para-hydroxylation sites is 1. The molecule has 76 valence electrons. The number of benzene rings is 1. The zero-order valence-electron chi connectivity index (χ0n) is 8.03. The first-order valence-corrected chi connectivity index (χ1v) is 4.38. The van der Waals surface area contributed by atoms with Gasteiger partial charge < -0.3 is 16.2 Å². The van der Waals surface area contributed by atoms with Crippen LogP contribution in [0.5, 0.6) is 0 Å². The number of hydrogen-bond donors (Lipinski definition) is 3. The SMILES string of the molecule is CC(=O)Nc1ccccc1[C@H](N)CO. The first-order chi connectivity index (χ1) is 6.65. The van der Waals surface area contributed by atoms with E-state index in [1.165, 1.54) is 6.92 Å². The molecule has 1 amide bonds. The second-order valence-electron chi connectivity index (χ2n) is 3.06. The third kappa shape index (κ3) is 2.55. The van der Waals surface area contributed by atoms with E-state index in [0.29, 0.717) is 5.69 Å². The van der Waals surface area contributed by atoms with E-state index in [1.54, 1.807) is 18.2 Å². The second-order valence-corrected chi connectivity index (χ2v) is 3.06. The Morgan fingerprint density at radius 1 is 1.57 bits per heavy atom. The van der Waals surface area contributed by atoms with Crippen LogP contribution in [0.15, 0.2) is 24.3 Å². The van der Waals surface area contributed by atoms with Gasteiger partial charge in [-0.05, 0) is 11.6 Å². The average Bonchev–Trinajstić information content (AvgIpc) is 2.16. The van der Waals surface area contributed by atoms with Gasteiger partial charge in [-0.2, -0.15) is 0 Å². The molecule has 0 spiro atoms. The molecule has 0 aliphatic carbocycles. The lowest BCUT2D eigenvalue weighted by atomic mass is 10.1. The van der Waals surface area contributed by atoms with Crippen molar-refractivity contribution in [1.29, 1.82) is 0 Å². The summed E-state index contributed by atoms with van der Waals surface area (Å²) in [6, 6.07) is 6.70. The molecule has 0 aliphatic heterocycles. The molecular weight excluding hydrogens is 180 g/mol. The summed E-state index contributed by atoms with van der Waals surface area (Å²) < 4.78 is 0. The zero-order valence-corrected chi connectivity index (χ0v) is 8.03. The van der Waals surface area contributed by atoms with E-state index in [2.05, 4.69) is 5.32 Å². The highest BCUT2D eigenvalue weighted by atomic mass is 16.3. The summed E-state index contributed by atoms with van der Waals surface area (Å²) in [5.74, 6) is -0.150. The molecule has 0 saturated carbocycles. The number of carbonyl (C=O) groups is 1. The molecule has 0 aliphatic rings. The molecule has 0 fully saturated rings. The van der Waals surface area contributed by atoms with Crippen LogP contribution in [0.25, 0.3) is 0 Å². The molecule has 0 saturated heterocycles. The van der Waals surface area contributed by atoms with Crippen LogP contribution in [0.3, 0.4) is 0 Å². The normalized spacial score (nSPS) is 12.2. The minimum absolute atomic E-state index is 0.142. The largest absolute Gasteiger partial charge is 0.394 e. The summed E-state index contributed by atoms with van der Waals surface area (Å²) in [6.45, 7) is 1.29. The molecule has 14 heavy (non-hydrogen) atoms. The molecule has 0 aromatic heterocycles. The van der Waals surface area contributed by atoms with Gasteiger partial charge in [0.25, 0.3) is 0 Å². The monoisotopic (exact) mass is 194 g/mol. The molecule has 0 heterocycles. The topological polar surface area (TPSA) is 75.4 Å². The maximum atomic E-state index is 10.9. The molecule has 0 bridgehead atoms. The van der Waals surface area contributed by atoms with Crippen LogP contribution in [0.2, 0.25) is 0 Å². The third-order valence-corrected chi connectivity index (χ3v) is 1.87. The lowest BCUT2D eigenvalue weighted by Gasteiger charge is -2.13. The zero-order chi connectivity index (χ0) is 10.6. The molecule has 1 atom stereocenters. The molecule has 4 heteroatoms. The Morgan fingerprint density at radius 3 is 2.79 bits per heavy atom. The number of carbonyl (C=O) groups excluding carboxylic acids is 1. The first-order valence-electron chi connectivity index (χ1n) is 4.38. The van der Waals surface area contributed by atoms with Gasteiger partial charge in [0.05, 0.1) is 12.6 Å². The summed E-state index contributed by atoms with van der Waals surface area (Å²) in [7, 11) is 0. The Labute approximate surface area is 82.7 Å². The fourth-order valence-electron chi connectivity index (χ4n) is 1.22. The molecule has 1 aromatic carbocycles. The minimum atomic E-state index is -0.460. The van der Waals surface area contributed by atoms with Crippen molar-refractivity contribution in [2.75, 3.05) is 11.9 Å². The van der Waals surface area contributed by atoms with Crippen molar-refractivity contribution in [2.45, 2.75) is 13.0 Å². The van der Waals surface area contributed by atoms with Gasteiger partial charge in [-0.3, -0.25) is 4.79 Å². The smallest absolute Gasteiger partial charge is 0.221 e. The van der Waals surface area contributed by atoms with Gasteiger partial charge in [0.2, 0.25) is 5.91 Å². The van der Waals surface area contributed by atoms with E-state index in [9.17, 15) is 4.79 Å². The number of aliphatic hydroxyl groups excluding tert-OH is 1. The van der Waals surface area contributed by atoms with E-state index in [-0.39, 0.29) is 12.5 Å². The van der Waals surface area contributed by atoms with E-state index in [0.717, 1.165) is 5.56 Å². The van der Waals surface area contributed by atoms with Crippen LogP contribution in [0.4, 0.5) is 5.69 Å². The number of nitrogens with two attached hydrogens (primary N) is 1. The number of aliphatic hydroxyl groups is 1. The lowest BCUT2D eigenvalue weighted by molar-refractivity contribution is -0.114. The van der Waals surface area contributed by atoms with Crippen LogP contribution in [0.1, 0.15) is 18.5 Å². The second kappa shape index (κ2) is 4.74. The van der Waals surface area contributed by atoms with Crippen molar-refractivity contribution < 1.29 is 9.90 Å². The van der Waals surface area contributed by atoms with Crippen molar-refractivity contribution in [3.8, 4) is 0 Å². The van der Waals surface area contributed by atoms with E-state index < -0.39 is 6.04 Å². The van der Waals surface area contributed by atoms with Gasteiger partial charge in [0.15, 0.2) is 0 Å². The van der Waals surface area contributed by atoms with Crippen molar-refractivity contribution in [1.82, 2.24) is 0 Å². The van der Waals surface area contributed by atoms with Crippen molar-refractivity contribution in [3.05, 3.63) is 29.8 Å². The fourth-order valence-corrected chi connectivity index (χ4v) is 1.22. The third-order valence-electron chi connectivity index (χ3n) is 1.87. The summed E-state index contributed by atoms with van der Waals surface area (Å²) in [5.41, 5.74) is 7.06. The Hall–Kier alpha value is -1.39. The molecule has 0 unspecified atom stereocenters. The van der Waals surface area contributed by atoms with Gasteiger partial charge in [-0.15, -0.1) is 0 Å². The summed E-state index contributed by atoms with van der Waals surface area (Å²) in [5, 5.41) is 11.6. The molecule has 1 rings (SSSR count). The van der Waals surface area contributed by atoms with E-state index >= 15 is 0 Å². The van der Waals surface area contributed by atoms with Gasteiger partial charge in [0.1, 0.15) is 0 Å². The molecule has 0 radical (unpaired) electrons. The summed E-state index contributed by atoms with van der Waals surface area (Å²) in [4.78, 5) is 10.9. The quantitative estimate of drug-likeness (QED) is 0.660. The minimum Gasteiger partial charge on any atom is -0.394 e. The van der Waals surface area contributed by atoms with Crippen molar-refractivity contribution in [3.63, 3.8) is 0 Å². The molecular formula is C10H14N2O2. The highest BCUT2D eigenvalue weighted by Gasteiger charge is 2.09. The fraction of sp³-hybridized carbons (Fsp3) is 0.300. The Morgan fingerprint density at radius 2 is 2.21 bits per heavy atom. The van der Waals surface area contributed by atoms with Crippen LogP contribution in [0, 0.1) is 0 Å². The lowest BCUT2D eigenvalue weighted by Crippen LogP contribution is -2.18. The van der Waals surface area contributed by atoms with Crippen LogP contribution in [-0.2, 0) is 4.79 Å². The van der Waals surface area contributed by atoms with Gasteiger partial charge in [-0.1, -0.05) is 18.2 Å². The predicted molar refractivity (Wildman–Crippen MR) is 54.8 cm³/mol. The maximum absolute atomic E-state index is 10.9. The van der Waals surface area contributed by atoms with Crippen molar-refractivity contribution in [2.24, 2.45) is 5.73 Å². The highest BCUT2D eigenvalue weighted by molar-refractivity contribution is 5.89. The molecule has 1 aromatic rings. The highest BCUT2D eigenvalue weighted by Crippen LogP contribution is 2.20. The molecule has 4 N–H and O–H groups in total. The van der Waals surface area contributed by atoms with Gasteiger partial charge in [-0.25, -0.2) is 0 Å². The number of nitrogens with one attached hydrogen (secondary N) is 1.